The molecule has 1 aromatic carbocycles. The van der Waals surface area contributed by atoms with E-state index in [1.807, 2.05) is 24.3 Å². The zero-order chi connectivity index (χ0) is 16.3. The minimum absolute atomic E-state index is 0.0162. The van der Waals surface area contributed by atoms with Crippen LogP contribution in [0.15, 0.2) is 35.9 Å². The Bertz CT molecular complexity index is 756. The molecule has 2 heterocycles. The maximum Gasteiger partial charge on any atom is 0.146 e. The summed E-state index contributed by atoms with van der Waals surface area (Å²) in [4.78, 5) is 4.76. The molecule has 1 atom stereocenters. The second kappa shape index (κ2) is 4.45. The van der Waals surface area contributed by atoms with Crippen molar-refractivity contribution in [3.05, 3.63) is 41.7 Å². The predicted octanol–water partition coefficient (Wildman–Crippen LogP) is 4.26. The molecule has 1 N–H and O–H groups in total. The van der Waals surface area contributed by atoms with Crippen molar-refractivity contribution in [3.63, 3.8) is 0 Å². The number of allylic oxidation sites excluding steroid dienone is 1. The van der Waals surface area contributed by atoms with E-state index in [1.54, 1.807) is 0 Å². The van der Waals surface area contributed by atoms with E-state index in [2.05, 4.69) is 52.2 Å². The lowest BCUT2D eigenvalue weighted by Crippen LogP contribution is -2.44. The number of para-hydroxylation sites is 2. The number of hydrogen-bond donors (Lipinski definition) is 1. The third kappa shape index (κ3) is 2.11. The number of aromatic nitrogens is 2. The van der Waals surface area contributed by atoms with Gasteiger partial charge in [0.1, 0.15) is 11.4 Å². The molecule has 1 unspecified atom stereocenters. The van der Waals surface area contributed by atoms with Gasteiger partial charge in [0.2, 0.25) is 0 Å². The smallest absolute Gasteiger partial charge is 0.146 e. The van der Waals surface area contributed by atoms with Crippen LogP contribution in [0.4, 0.5) is 0 Å². The van der Waals surface area contributed by atoms with Gasteiger partial charge in [0.15, 0.2) is 0 Å². The second-order valence-electron chi connectivity index (χ2n) is 8.45. The fourth-order valence-electron chi connectivity index (χ4n) is 3.06. The summed E-state index contributed by atoms with van der Waals surface area (Å²) < 4.78 is 2.18. The van der Waals surface area contributed by atoms with Gasteiger partial charge in [0, 0.05) is 12.0 Å². The molecule has 0 saturated heterocycles. The first kappa shape index (κ1) is 15.3. The van der Waals surface area contributed by atoms with Crippen LogP contribution in [-0.2, 0) is 12.1 Å². The lowest BCUT2D eigenvalue weighted by Gasteiger charge is -2.43. The zero-order valence-electron chi connectivity index (χ0n) is 14.4. The topological polar surface area (TPSA) is 38.1 Å². The fourth-order valence-corrected chi connectivity index (χ4v) is 3.06. The Morgan fingerprint density at radius 1 is 1.09 bits per heavy atom. The number of aliphatic hydroxyl groups is 1. The molecule has 0 saturated carbocycles. The first-order valence-electron chi connectivity index (χ1n) is 7.94. The molecule has 118 valence electrons. The number of hydrogen-bond acceptors (Lipinski definition) is 2. The molecule has 0 radical (unpaired) electrons. The van der Waals surface area contributed by atoms with Crippen molar-refractivity contribution < 1.29 is 5.11 Å². The Morgan fingerprint density at radius 3 is 2.32 bits per heavy atom. The van der Waals surface area contributed by atoms with Gasteiger partial charge in [-0.15, -0.1) is 0 Å². The Hall–Kier alpha value is -1.61. The Labute approximate surface area is 132 Å². The molecule has 0 spiro atoms. The minimum Gasteiger partial charge on any atom is -0.377 e. The van der Waals surface area contributed by atoms with E-state index in [0.717, 1.165) is 23.4 Å². The molecule has 1 aliphatic heterocycles. The molecule has 0 aliphatic carbocycles. The summed E-state index contributed by atoms with van der Waals surface area (Å²) >= 11 is 0. The number of imidazole rings is 1. The molecule has 0 amide bonds. The third-order valence-corrected chi connectivity index (χ3v) is 4.81. The summed E-state index contributed by atoms with van der Waals surface area (Å²) in [5, 5.41) is 11.5. The molecule has 1 aliphatic rings. The largest absolute Gasteiger partial charge is 0.377 e. The van der Waals surface area contributed by atoms with Crippen LogP contribution in [-0.4, -0.2) is 14.7 Å². The average molecular weight is 298 g/mol. The quantitative estimate of drug-likeness (QED) is 0.738. The fraction of sp³-hybridized carbons (Fsp3) is 0.526. The van der Waals surface area contributed by atoms with Crippen LogP contribution in [0.2, 0.25) is 0 Å². The predicted molar refractivity (Wildman–Crippen MR) is 90.6 cm³/mol. The summed E-state index contributed by atoms with van der Waals surface area (Å²) in [5.41, 5.74) is 1.91. The molecule has 2 aromatic rings. The maximum atomic E-state index is 11.5. The van der Waals surface area contributed by atoms with Crippen LogP contribution in [0.3, 0.4) is 0 Å². The highest BCUT2D eigenvalue weighted by molar-refractivity contribution is 5.76. The van der Waals surface area contributed by atoms with Crippen molar-refractivity contribution in [1.82, 2.24) is 9.55 Å². The van der Waals surface area contributed by atoms with Crippen molar-refractivity contribution in [1.29, 1.82) is 0 Å². The summed E-state index contributed by atoms with van der Waals surface area (Å²) in [5.74, 6) is 0.759. The van der Waals surface area contributed by atoms with Crippen LogP contribution in [0.5, 0.6) is 0 Å². The summed E-state index contributed by atoms with van der Waals surface area (Å²) in [6.07, 6.45) is 2.05. The Morgan fingerprint density at radius 2 is 1.73 bits per heavy atom. The van der Waals surface area contributed by atoms with Crippen LogP contribution in [0.1, 0.15) is 47.4 Å². The van der Waals surface area contributed by atoms with Gasteiger partial charge in [-0.05, 0) is 29.2 Å². The molecular formula is C19H26N2O. The van der Waals surface area contributed by atoms with Crippen molar-refractivity contribution in [2.75, 3.05) is 0 Å². The minimum atomic E-state index is -1.06. The number of rotatable bonds is 0. The van der Waals surface area contributed by atoms with Gasteiger partial charge >= 0.3 is 0 Å². The van der Waals surface area contributed by atoms with Crippen LogP contribution < -0.4 is 0 Å². The van der Waals surface area contributed by atoms with E-state index in [9.17, 15) is 5.11 Å². The molecule has 0 bridgehead atoms. The molecule has 3 nitrogen and oxygen atoms in total. The van der Waals surface area contributed by atoms with Gasteiger partial charge in [0.05, 0.1) is 11.0 Å². The van der Waals surface area contributed by atoms with Crippen molar-refractivity contribution in [2.24, 2.45) is 10.8 Å². The summed E-state index contributed by atoms with van der Waals surface area (Å²) in [6, 6.07) is 8.12. The number of benzene rings is 1. The maximum absolute atomic E-state index is 11.5. The summed E-state index contributed by atoms with van der Waals surface area (Å²) in [6.45, 7) is 13.6. The van der Waals surface area contributed by atoms with Crippen molar-refractivity contribution in [3.8, 4) is 0 Å². The van der Waals surface area contributed by atoms with Crippen LogP contribution in [0.25, 0.3) is 11.0 Å². The second-order valence-corrected chi connectivity index (χ2v) is 8.45. The van der Waals surface area contributed by atoms with E-state index in [0.29, 0.717) is 0 Å². The number of fused-ring (bicyclic) bond motifs is 3. The van der Waals surface area contributed by atoms with Crippen molar-refractivity contribution in [2.45, 2.75) is 53.7 Å². The van der Waals surface area contributed by atoms with Gasteiger partial charge in [-0.3, -0.25) is 0 Å². The lowest BCUT2D eigenvalue weighted by atomic mass is 9.71. The van der Waals surface area contributed by atoms with Crippen LogP contribution in [0, 0.1) is 10.8 Å². The van der Waals surface area contributed by atoms with E-state index in [1.165, 1.54) is 5.57 Å². The zero-order valence-corrected chi connectivity index (χ0v) is 14.4. The monoisotopic (exact) mass is 298 g/mol. The normalized spacial score (nSPS) is 22.6. The van der Waals surface area contributed by atoms with Gasteiger partial charge in [0.25, 0.3) is 0 Å². The van der Waals surface area contributed by atoms with E-state index in [-0.39, 0.29) is 10.8 Å². The molecule has 0 fully saturated rings. The van der Waals surface area contributed by atoms with E-state index < -0.39 is 5.60 Å². The molecule has 3 heteroatoms. The van der Waals surface area contributed by atoms with Gasteiger partial charge in [-0.25, -0.2) is 4.98 Å². The summed E-state index contributed by atoms with van der Waals surface area (Å²) in [7, 11) is 0. The average Bonchev–Trinajstić information content (AvgIpc) is 2.76. The Balaban J connectivity index is 2.33. The molecule has 3 rings (SSSR count). The van der Waals surface area contributed by atoms with Gasteiger partial charge < -0.3 is 9.67 Å². The lowest BCUT2D eigenvalue weighted by molar-refractivity contribution is -0.0336. The highest BCUT2D eigenvalue weighted by atomic mass is 16.3. The molecule has 1 aromatic heterocycles. The SMILES string of the molecule is CC(C)(C)C1=CC(O)(C(C)(C)C)c2nc3ccccc3n2C1. The highest BCUT2D eigenvalue weighted by Gasteiger charge is 2.47. The standard InChI is InChI=1S/C19H26N2O/c1-17(2,3)13-11-19(22,18(4,5)6)16-20-14-9-7-8-10-15(14)21(16)12-13/h7-11,22H,12H2,1-6H3. The molecular weight excluding hydrogens is 272 g/mol. The Kier molecular flexibility index (Phi) is 3.09. The van der Waals surface area contributed by atoms with Gasteiger partial charge in [-0.1, -0.05) is 53.7 Å². The van der Waals surface area contributed by atoms with E-state index >= 15 is 0 Å². The first-order chi connectivity index (χ1) is 10.0. The third-order valence-electron chi connectivity index (χ3n) is 4.81. The highest BCUT2D eigenvalue weighted by Crippen LogP contribution is 2.46. The first-order valence-corrected chi connectivity index (χ1v) is 7.94. The number of nitrogens with zero attached hydrogens (tertiary/aromatic N) is 2. The van der Waals surface area contributed by atoms with Gasteiger partial charge in [-0.2, -0.15) is 0 Å². The van der Waals surface area contributed by atoms with E-state index in [4.69, 9.17) is 4.98 Å². The molecule has 22 heavy (non-hydrogen) atoms. The van der Waals surface area contributed by atoms with Crippen LogP contribution >= 0.6 is 0 Å². The van der Waals surface area contributed by atoms with Crippen molar-refractivity contribution >= 4 is 11.0 Å².